The van der Waals surface area contributed by atoms with Crippen LogP contribution in [0, 0.1) is 5.92 Å². The highest BCUT2D eigenvalue weighted by Crippen LogP contribution is 2.35. The number of ether oxygens (including phenoxy) is 1. The fourth-order valence-corrected chi connectivity index (χ4v) is 2.95. The predicted molar refractivity (Wildman–Crippen MR) is 77.0 cm³/mol. The molecule has 0 aliphatic carbocycles. The molecule has 1 aliphatic rings. The number of aliphatic hydroxyl groups excluding tert-OH is 1. The number of para-hydroxylation sites is 1. The predicted octanol–water partition coefficient (Wildman–Crippen LogP) is 2.84. The third-order valence-electron chi connectivity index (χ3n) is 3.77. The minimum absolute atomic E-state index is 0.00981. The molecule has 1 aromatic carbocycles. The van der Waals surface area contributed by atoms with Crippen molar-refractivity contribution in [2.45, 2.75) is 26.0 Å². The molecule has 0 spiro atoms. The molecule has 5 heteroatoms. The smallest absolute Gasteiger partial charge is 0.122 e. The lowest BCUT2D eigenvalue weighted by Crippen LogP contribution is -2.28. The second kappa shape index (κ2) is 5.46. The van der Waals surface area contributed by atoms with E-state index in [9.17, 15) is 5.11 Å². The summed E-state index contributed by atoms with van der Waals surface area (Å²) in [7, 11) is 0. The number of halogens is 1. The minimum Gasteiger partial charge on any atom is -0.493 e. The van der Waals surface area contributed by atoms with Crippen LogP contribution in [0.15, 0.2) is 30.5 Å². The Morgan fingerprint density at radius 2 is 2.30 bits per heavy atom. The molecular weight excluding hydrogens is 276 g/mol. The van der Waals surface area contributed by atoms with E-state index in [2.05, 4.69) is 5.10 Å². The van der Waals surface area contributed by atoms with Crippen molar-refractivity contribution in [1.29, 1.82) is 0 Å². The maximum Gasteiger partial charge on any atom is 0.122 e. The average molecular weight is 293 g/mol. The number of aryl methyl sites for hydroxylation is 1. The Kier molecular flexibility index (Phi) is 3.68. The van der Waals surface area contributed by atoms with Crippen molar-refractivity contribution in [3.8, 4) is 5.75 Å². The molecule has 4 nitrogen and oxygen atoms in total. The minimum atomic E-state index is -0.668. The number of aliphatic hydroxyl groups is 1. The van der Waals surface area contributed by atoms with Gasteiger partial charge in [-0.05, 0) is 25.0 Å². The summed E-state index contributed by atoms with van der Waals surface area (Å²) in [5.74, 6) is 0.899. The third-order valence-corrected chi connectivity index (χ3v) is 4.06. The number of hydrogen-bond acceptors (Lipinski definition) is 3. The monoisotopic (exact) mass is 292 g/mol. The molecule has 1 aliphatic heterocycles. The standard InChI is InChI=1S/C15H17ClN2O2/c1-2-18-14(12(16)8-17-18)15(19)11-7-10-5-3-4-6-13(10)20-9-11/h3-6,8,11,15,19H,2,7,9H2,1H3. The molecule has 3 rings (SSSR count). The van der Waals surface area contributed by atoms with Gasteiger partial charge in [0.15, 0.2) is 0 Å². The van der Waals surface area contributed by atoms with E-state index >= 15 is 0 Å². The van der Waals surface area contributed by atoms with E-state index in [-0.39, 0.29) is 5.92 Å². The van der Waals surface area contributed by atoms with E-state index in [1.807, 2.05) is 31.2 Å². The number of benzene rings is 1. The summed E-state index contributed by atoms with van der Waals surface area (Å²) in [6, 6.07) is 7.94. The Bertz CT molecular complexity index is 612. The second-order valence-electron chi connectivity index (χ2n) is 5.02. The first-order chi connectivity index (χ1) is 9.70. The lowest BCUT2D eigenvalue weighted by Gasteiger charge is -2.29. The van der Waals surface area contributed by atoms with E-state index in [1.165, 1.54) is 0 Å². The first-order valence-electron chi connectivity index (χ1n) is 6.80. The van der Waals surface area contributed by atoms with Gasteiger partial charge in [0.2, 0.25) is 0 Å². The lowest BCUT2D eigenvalue weighted by atomic mass is 9.90. The Hall–Kier alpha value is -1.52. The van der Waals surface area contributed by atoms with Crippen LogP contribution in [-0.2, 0) is 13.0 Å². The van der Waals surface area contributed by atoms with Crippen molar-refractivity contribution < 1.29 is 9.84 Å². The van der Waals surface area contributed by atoms with Gasteiger partial charge in [-0.3, -0.25) is 4.68 Å². The van der Waals surface area contributed by atoms with Crippen LogP contribution < -0.4 is 4.74 Å². The van der Waals surface area contributed by atoms with Gasteiger partial charge in [0, 0.05) is 12.5 Å². The van der Waals surface area contributed by atoms with Gasteiger partial charge in [-0.2, -0.15) is 5.10 Å². The first kappa shape index (κ1) is 13.5. The van der Waals surface area contributed by atoms with Gasteiger partial charge in [0.1, 0.15) is 11.9 Å². The van der Waals surface area contributed by atoms with Gasteiger partial charge in [0.05, 0.1) is 23.5 Å². The average Bonchev–Trinajstić information content (AvgIpc) is 2.87. The topological polar surface area (TPSA) is 47.3 Å². The number of rotatable bonds is 3. The van der Waals surface area contributed by atoms with Crippen molar-refractivity contribution in [3.05, 3.63) is 46.7 Å². The van der Waals surface area contributed by atoms with Crippen molar-refractivity contribution in [3.63, 3.8) is 0 Å². The summed E-state index contributed by atoms with van der Waals surface area (Å²) < 4.78 is 7.48. The molecule has 0 fully saturated rings. The van der Waals surface area contributed by atoms with Crippen LogP contribution in [0.25, 0.3) is 0 Å². The van der Waals surface area contributed by atoms with E-state index in [0.717, 1.165) is 17.7 Å². The van der Waals surface area contributed by atoms with Gasteiger partial charge < -0.3 is 9.84 Å². The van der Waals surface area contributed by atoms with Crippen molar-refractivity contribution in [2.24, 2.45) is 5.92 Å². The molecular formula is C15H17ClN2O2. The zero-order valence-corrected chi connectivity index (χ0v) is 12.0. The molecule has 2 aromatic rings. The van der Waals surface area contributed by atoms with E-state index in [1.54, 1.807) is 10.9 Å². The summed E-state index contributed by atoms with van der Waals surface area (Å²) in [5.41, 5.74) is 1.81. The van der Waals surface area contributed by atoms with E-state index in [4.69, 9.17) is 16.3 Å². The number of aromatic nitrogens is 2. The second-order valence-corrected chi connectivity index (χ2v) is 5.43. The Morgan fingerprint density at radius 3 is 3.10 bits per heavy atom. The lowest BCUT2D eigenvalue weighted by molar-refractivity contribution is 0.0580. The highest BCUT2D eigenvalue weighted by atomic mass is 35.5. The van der Waals surface area contributed by atoms with Crippen LogP contribution >= 0.6 is 11.6 Å². The Balaban J connectivity index is 1.85. The molecule has 2 unspecified atom stereocenters. The number of fused-ring (bicyclic) bond motifs is 1. The number of nitrogens with zero attached hydrogens (tertiary/aromatic N) is 2. The van der Waals surface area contributed by atoms with E-state index in [0.29, 0.717) is 23.9 Å². The molecule has 0 amide bonds. The summed E-state index contributed by atoms with van der Waals surface area (Å²) in [6.45, 7) is 3.15. The molecule has 0 bridgehead atoms. The zero-order chi connectivity index (χ0) is 14.1. The van der Waals surface area contributed by atoms with Gasteiger partial charge in [0.25, 0.3) is 0 Å². The van der Waals surface area contributed by atoms with Gasteiger partial charge in [-0.15, -0.1) is 0 Å². The molecule has 0 saturated heterocycles. The molecule has 0 saturated carbocycles. The molecule has 1 aromatic heterocycles. The van der Waals surface area contributed by atoms with Crippen molar-refractivity contribution in [2.75, 3.05) is 6.61 Å². The van der Waals surface area contributed by atoms with E-state index < -0.39 is 6.10 Å². The Morgan fingerprint density at radius 1 is 1.50 bits per heavy atom. The summed E-state index contributed by atoms with van der Waals surface area (Å²) in [4.78, 5) is 0. The maximum atomic E-state index is 10.6. The van der Waals surface area contributed by atoms with Crippen LogP contribution in [0.4, 0.5) is 0 Å². The van der Waals surface area contributed by atoms with Crippen molar-refractivity contribution >= 4 is 11.6 Å². The highest BCUT2D eigenvalue weighted by Gasteiger charge is 2.30. The summed E-state index contributed by atoms with van der Waals surface area (Å²) >= 11 is 6.15. The largest absolute Gasteiger partial charge is 0.493 e. The fourth-order valence-electron chi connectivity index (χ4n) is 2.70. The zero-order valence-electron chi connectivity index (χ0n) is 11.3. The van der Waals surface area contributed by atoms with Gasteiger partial charge >= 0.3 is 0 Å². The van der Waals surface area contributed by atoms with Crippen molar-refractivity contribution in [1.82, 2.24) is 9.78 Å². The number of hydrogen-bond donors (Lipinski definition) is 1. The quantitative estimate of drug-likeness (QED) is 0.946. The Labute approximate surface area is 122 Å². The molecule has 1 N–H and O–H groups in total. The first-order valence-corrected chi connectivity index (χ1v) is 7.18. The summed E-state index contributed by atoms with van der Waals surface area (Å²) in [5, 5.41) is 15.3. The molecule has 106 valence electrons. The van der Waals surface area contributed by atoms with Crippen LogP contribution in [-0.4, -0.2) is 21.5 Å². The van der Waals surface area contributed by atoms with Gasteiger partial charge in [-0.25, -0.2) is 0 Å². The van der Waals surface area contributed by atoms with Crippen LogP contribution in [0.3, 0.4) is 0 Å². The van der Waals surface area contributed by atoms with Crippen LogP contribution in [0.5, 0.6) is 5.75 Å². The molecule has 0 radical (unpaired) electrons. The van der Waals surface area contributed by atoms with Crippen LogP contribution in [0.2, 0.25) is 5.02 Å². The third kappa shape index (κ3) is 2.30. The molecule has 20 heavy (non-hydrogen) atoms. The van der Waals surface area contributed by atoms with Gasteiger partial charge in [-0.1, -0.05) is 29.8 Å². The fraction of sp³-hybridized carbons (Fsp3) is 0.400. The van der Waals surface area contributed by atoms with Crippen LogP contribution in [0.1, 0.15) is 24.3 Å². The molecule has 2 atom stereocenters. The maximum absolute atomic E-state index is 10.6. The SMILES string of the molecule is CCn1ncc(Cl)c1C(O)C1COc2ccccc2C1. The highest BCUT2D eigenvalue weighted by molar-refractivity contribution is 6.31. The normalized spacial score (nSPS) is 19.2. The summed E-state index contributed by atoms with van der Waals surface area (Å²) in [6.07, 6.45) is 1.70. The molecule has 2 heterocycles.